The Morgan fingerprint density at radius 2 is 2.00 bits per heavy atom. The quantitative estimate of drug-likeness (QED) is 0.898. The lowest BCUT2D eigenvalue weighted by Crippen LogP contribution is -2.49. The van der Waals surface area contributed by atoms with Gasteiger partial charge in [0.1, 0.15) is 12.4 Å². The van der Waals surface area contributed by atoms with Crippen molar-refractivity contribution in [2.24, 2.45) is 11.1 Å². The summed E-state index contributed by atoms with van der Waals surface area (Å²) in [5, 5.41) is 5.84. The van der Waals surface area contributed by atoms with Gasteiger partial charge in [0.15, 0.2) is 0 Å². The molecule has 6 heteroatoms. The number of primary amides is 1. The van der Waals surface area contributed by atoms with E-state index in [4.69, 9.17) is 22.2 Å². The molecular formula is C15H20ClN3O2. The second-order valence-electron chi connectivity index (χ2n) is 5.88. The second kappa shape index (κ2) is 5.57. The van der Waals surface area contributed by atoms with Crippen LogP contribution in [0.4, 0.5) is 0 Å². The van der Waals surface area contributed by atoms with Crippen molar-refractivity contribution in [1.29, 1.82) is 0 Å². The van der Waals surface area contributed by atoms with E-state index in [1.165, 1.54) is 0 Å². The molecule has 1 aromatic carbocycles. The molecule has 1 aliphatic heterocycles. The average molecular weight is 310 g/mol. The molecule has 0 radical (unpaired) electrons. The maximum atomic E-state index is 12.0. The van der Waals surface area contributed by atoms with Crippen LogP contribution < -0.4 is 11.1 Å². The van der Waals surface area contributed by atoms with Gasteiger partial charge < -0.3 is 5.73 Å². The summed E-state index contributed by atoms with van der Waals surface area (Å²) < 4.78 is 0. The highest BCUT2D eigenvalue weighted by Gasteiger charge is 2.51. The molecule has 0 spiro atoms. The van der Waals surface area contributed by atoms with Crippen LogP contribution in [0.25, 0.3) is 0 Å². The summed E-state index contributed by atoms with van der Waals surface area (Å²) in [5.74, 6) is -0.275. The molecule has 0 aromatic heterocycles. The molecule has 1 aromatic rings. The molecule has 2 aliphatic rings. The van der Waals surface area contributed by atoms with E-state index < -0.39 is 5.41 Å². The van der Waals surface area contributed by atoms with E-state index in [2.05, 4.69) is 5.32 Å². The molecule has 1 heterocycles. The van der Waals surface area contributed by atoms with E-state index >= 15 is 0 Å². The van der Waals surface area contributed by atoms with Crippen molar-refractivity contribution in [3.63, 3.8) is 0 Å². The fraction of sp³-hybridized carbons (Fsp3) is 0.533. The van der Waals surface area contributed by atoms with Crippen molar-refractivity contribution in [3.05, 3.63) is 34.9 Å². The summed E-state index contributed by atoms with van der Waals surface area (Å²) in [6, 6.07) is 7.60. The molecule has 21 heavy (non-hydrogen) atoms. The first-order valence-electron chi connectivity index (χ1n) is 7.24. The fourth-order valence-corrected chi connectivity index (χ4v) is 3.49. The Hall–Kier alpha value is -1.14. The standard InChI is InChI=1S/C15H20ClN3O2/c1-19-12(10-4-6-11(16)7-5-10)18-14(21-19)15(13(17)20)8-2-3-9-15/h4-7,12,14,18H,2-3,8-9H2,1H3,(H2,17,20). The van der Waals surface area contributed by atoms with Crippen molar-refractivity contribution in [3.8, 4) is 0 Å². The largest absolute Gasteiger partial charge is 0.369 e. The topological polar surface area (TPSA) is 67.6 Å². The summed E-state index contributed by atoms with van der Waals surface area (Å²) in [6.45, 7) is 0. The highest BCUT2D eigenvalue weighted by Crippen LogP contribution is 2.44. The first-order chi connectivity index (χ1) is 10.0. The minimum Gasteiger partial charge on any atom is -0.369 e. The van der Waals surface area contributed by atoms with E-state index in [1.807, 2.05) is 31.3 Å². The number of amides is 1. The van der Waals surface area contributed by atoms with E-state index in [0.717, 1.165) is 31.2 Å². The van der Waals surface area contributed by atoms with Crippen molar-refractivity contribution in [1.82, 2.24) is 10.4 Å². The maximum absolute atomic E-state index is 12.0. The van der Waals surface area contributed by atoms with Gasteiger partial charge in [0.05, 0.1) is 5.41 Å². The van der Waals surface area contributed by atoms with Crippen LogP contribution in [0.2, 0.25) is 5.02 Å². The van der Waals surface area contributed by atoms with Gasteiger partial charge in [0.25, 0.3) is 0 Å². The highest BCUT2D eigenvalue weighted by atomic mass is 35.5. The monoisotopic (exact) mass is 309 g/mol. The van der Waals surface area contributed by atoms with Crippen LogP contribution in [0, 0.1) is 5.41 Å². The van der Waals surface area contributed by atoms with Crippen molar-refractivity contribution in [2.45, 2.75) is 38.1 Å². The molecule has 1 amide bonds. The molecule has 2 unspecified atom stereocenters. The molecule has 1 saturated carbocycles. The van der Waals surface area contributed by atoms with E-state index in [-0.39, 0.29) is 18.3 Å². The number of hydrogen-bond acceptors (Lipinski definition) is 4. The molecule has 0 bridgehead atoms. The third kappa shape index (κ3) is 2.55. The third-order valence-electron chi connectivity index (χ3n) is 4.62. The third-order valence-corrected chi connectivity index (χ3v) is 4.87. The van der Waals surface area contributed by atoms with Crippen LogP contribution >= 0.6 is 11.6 Å². The fourth-order valence-electron chi connectivity index (χ4n) is 3.36. The number of carbonyl (C=O) groups excluding carboxylic acids is 1. The first kappa shape index (κ1) is 14.8. The van der Waals surface area contributed by atoms with Crippen LogP contribution in [0.15, 0.2) is 24.3 Å². The number of rotatable bonds is 3. The van der Waals surface area contributed by atoms with Crippen LogP contribution in [0.5, 0.6) is 0 Å². The Balaban J connectivity index is 1.82. The first-order valence-corrected chi connectivity index (χ1v) is 7.62. The number of hydrogen-bond donors (Lipinski definition) is 2. The van der Waals surface area contributed by atoms with Gasteiger partial charge in [0, 0.05) is 12.1 Å². The number of halogens is 1. The molecule has 3 rings (SSSR count). The minimum absolute atomic E-state index is 0.107. The molecule has 2 atom stereocenters. The predicted octanol–water partition coefficient (Wildman–Crippen LogP) is 2.18. The van der Waals surface area contributed by atoms with Gasteiger partial charge in [0.2, 0.25) is 5.91 Å². The zero-order chi connectivity index (χ0) is 15.0. The molecule has 1 aliphatic carbocycles. The van der Waals surface area contributed by atoms with Crippen LogP contribution in [-0.2, 0) is 9.63 Å². The Morgan fingerprint density at radius 1 is 1.38 bits per heavy atom. The van der Waals surface area contributed by atoms with Crippen LogP contribution in [0.3, 0.4) is 0 Å². The molecule has 2 fully saturated rings. The zero-order valence-electron chi connectivity index (χ0n) is 12.0. The van der Waals surface area contributed by atoms with Gasteiger partial charge >= 0.3 is 0 Å². The smallest absolute Gasteiger partial charge is 0.227 e. The number of hydroxylamine groups is 2. The van der Waals surface area contributed by atoms with E-state index in [1.54, 1.807) is 5.06 Å². The number of nitrogens with two attached hydrogens (primary N) is 1. The number of nitrogens with zero attached hydrogens (tertiary/aromatic N) is 1. The molecular weight excluding hydrogens is 290 g/mol. The lowest BCUT2D eigenvalue weighted by Gasteiger charge is -2.30. The molecule has 5 nitrogen and oxygen atoms in total. The Morgan fingerprint density at radius 3 is 2.57 bits per heavy atom. The Labute approximate surface area is 129 Å². The normalized spacial score (nSPS) is 28.9. The summed E-state index contributed by atoms with van der Waals surface area (Å²) in [4.78, 5) is 17.9. The van der Waals surface area contributed by atoms with E-state index in [9.17, 15) is 4.79 Å². The van der Waals surface area contributed by atoms with Gasteiger partial charge in [-0.15, -0.1) is 0 Å². The van der Waals surface area contributed by atoms with Gasteiger partial charge in [-0.2, -0.15) is 5.06 Å². The lowest BCUT2D eigenvalue weighted by molar-refractivity contribution is -0.181. The van der Waals surface area contributed by atoms with Crippen molar-refractivity contribution in [2.75, 3.05) is 7.05 Å². The SMILES string of the molecule is CN1OC(C2(C(N)=O)CCCC2)NC1c1ccc(Cl)cc1. The van der Waals surface area contributed by atoms with Gasteiger partial charge in [-0.3, -0.25) is 14.9 Å². The lowest BCUT2D eigenvalue weighted by atomic mass is 9.83. The zero-order valence-corrected chi connectivity index (χ0v) is 12.8. The summed E-state index contributed by atoms with van der Waals surface area (Å²) in [6.07, 6.45) is 3.11. The number of carbonyl (C=O) groups is 1. The highest BCUT2D eigenvalue weighted by molar-refractivity contribution is 6.30. The van der Waals surface area contributed by atoms with Gasteiger partial charge in [-0.1, -0.05) is 36.6 Å². The van der Waals surface area contributed by atoms with Gasteiger partial charge in [-0.05, 0) is 30.5 Å². The van der Waals surface area contributed by atoms with Gasteiger partial charge in [-0.25, -0.2) is 0 Å². The summed E-state index contributed by atoms with van der Waals surface area (Å²) in [5.41, 5.74) is 6.11. The van der Waals surface area contributed by atoms with Crippen molar-refractivity contribution >= 4 is 17.5 Å². The summed E-state index contributed by atoms with van der Waals surface area (Å²) >= 11 is 5.92. The Kier molecular flexibility index (Phi) is 3.92. The summed E-state index contributed by atoms with van der Waals surface area (Å²) in [7, 11) is 1.86. The van der Waals surface area contributed by atoms with E-state index in [0.29, 0.717) is 5.02 Å². The average Bonchev–Trinajstić information content (AvgIpc) is 3.07. The maximum Gasteiger partial charge on any atom is 0.227 e. The molecule has 1 saturated heterocycles. The Bertz CT molecular complexity index is 528. The predicted molar refractivity (Wildman–Crippen MR) is 80.1 cm³/mol. The minimum atomic E-state index is -0.602. The molecule has 114 valence electrons. The second-order valence-corrected chi connectivity index (χ2v) is 6.32. The van der Waals surface area contributed by atoms with Crippen LogP contribution in [-0.4, -0.2) is 24.2 Å². The number of benzene rings is 1. The van der Waals surface area contributed by atoms with Crippen molar-refractivity contribution < 1.29 is 9.63 Å². The number of nitrogens with one attached hydrogen (secondary N) is 1. The van der Waals surface area contributed by atoms with Crippen LogP contribution in [0.1, 0.15) is 37.4 Å². The molecule has 3 N–H and O–H groups in total.